The van der Waals surface area contributed by atoms with Gasteiger partial charge >= 0.3 is 0 Å². The van der Waals surface area contributed by atoms with Crippen LogP contribution < -0.4 is 9.47 Å². The molecule has 0 aliphatic carbocycles. The highest BCUT2D eigenvalue weighted by atomic mass is 79.9. The average molecular weight is 493 g/mol. The molecule has 1 fully saturated rings. The number of amides is 1. The molecule has 0 radical (unpaired) electrons. The van der Waals surface area contributed by atoms with E-state index in [4.69, 9.17) is 9.47 Å². The van der Waals surface area contributed by atoms with E-state index in [-0.39, 0.29) is 11.7 Å². The number of halogens is 2. The van der Waals surface area contributed by atoms with Crippen molar-refractivity contribution in [2.45, 2.75) is 20.8 Å². The van der Waals surface area contributed by atoms with E-state index in [2.05, 4.69) is 20.9 Å². The molecule has 0 unspecified atom stereocenters. The summed E-state index contributed by atoms with van der Waals surface area (Å²) in [7, 11) is 0. The first kappa shape index (κ1) is 22.4. The van der Waals surface area contributed by atoms with E-state index in [1.807, 2.05) is 39.0 Å². The molecule has 158 valence electrons. The van der Waals surface area contributed by atoms with Crippen LogP contribution in [0.25, 0.3) is 6.08 Å². The summed E-state index contributed by atoms with van der Waals surface area (Å²) < 4.78 is 25.3. The molecule has 0 N–H and O–H groups in total. The zero-order chi connectivity index (χ0) is 21.7. The Bertz CT molecular complexity index is 993. The van der Waals surface area contributed by atoms with Crippen molar-refractivity contribution in [1.29, 1.82) is 0 Å². The van der Waals surface area contributed by atoms with Crippen molar-refractivity contribution in [3.63, 3.8) is 0 Å². The largest absolute Gasteiger partial charge is 0.490 e. The van der Waals surface area contributed by atoms with Crippen LogP contribution in [0.3, 0.4) is 0 Å². The van der Waals surface area contributed by atoms with E-state index >= 15 is 0 Å². The Kier molecular flexibility index (Phi) is 7.55. The maximum atomic E-state index is 13.2. The molecule has 1 saturated heterocycles. The lowest BCUT2D eigenvalue weighted by Gasteiger charge is -2.13. The molecule has 0 atom stereocenters. The molecule has 3 rings (SSSR count). The summed E-state index contributed by atoms with van der Waals surface area (Å²) in [6.45, 7) is 7.22. The van der Waals surface area contributed by atoms with Gasteiger partial charge in [-0.15, -0.1) is 0 Å². The molecule has 30 heavy (non-hydrogen) atoms. The second kappa shape index (κ2) is 10.1. The summed E-state index contributed by atoms with van der Waals surface area (Å²) in [5.41, 5.74) is 1.39. The number of likely N-dealkylation sites (N-methyl/N-ethyl adjacent to an activating group) is 1. The summed E-state index contributed by atoms with van der Waals surface area (Å²) in [4.78, 5) is 19.6. The van der Waals surface area contributed by atoms with Crippen molar-refractivity contribution in [3.05, 3.63) is 57.2 Å². The SMILES string of the molecule is CCOc1cc(Br)c(/C=C2/SC(=Nc3ccc(F)cc3)N(CC)C2=O)cc1OCC. The Balaban J connectivity index is 1.96. The van der Waals surface area contributed by atoms with E-state index in [0.717, 1.165) is 10.0 Å². The highest BCUT2D eigenvalue weighted by molar-refractivity contribution is 9.10. The first-order valence-corrected chi connectivity index (χ1v) is 11.2. The smallest absolute Gasteiger partial charge is 0.266 e. The molecule has 1 aliphatic heterocycles. The van der Waals surface area contributed by atoms with Crippen molar-refractivity contribution in [1.82, 2.24) is 4.90 Å². The van der Waals surface area contributed by atoms with E-state index in [9.17, 15) is 9.18 Å². The number of aliphatic imine (C=N–C) groups is 1. The number of amidine groups is 1. The fourth-order valence-electron chi connectivity index (χ4n) is 2.84. The number of rotatable bonds is 7. The molecule has 1 heterocycles. The average Bonchev–Trinajstić information content (AvgIpc) is 3.01. The summed E-state index contributed by atoms with van der Waals surface area (Å²) in [5, 5.41) is 0.562. The first-order chi connectivity index (χ1) is 14.5. The van der Waals surface area contributed by atoms with Crippen LogP contribution in [0, 0.1) is 5.82 Å². The van der Waals surface area contributed by atoms with Crippen LogP contribution in [0.1, 0.15) is 26.3 Å². The first-order valence-electron chi connectivity index (χ1n) is 9.61. The highest BCUT2D eigenvalue weighted by Crippen LogP contribution is 2.38. The number of benzene rings is 2. The second-order valence-electron chi connectivity index (χ2n) is 6.22. The summed E-state index contributed by atoms with van der Waals surface area (Å²) in [5.74, 6) is 0.819. The predicted octanol–water partition coefficient (Wildman–Crippen LogP) is 6.01. The van der Waals surface area contributed by atoms with Crippen molar-refractivity contribution in [2.75, 3.05) is 19.8 Å². The van der Waals surface area contributed by atoms with Crippen molar-refractivity contribution in [2.24, 2.45) is 4.99 Å². The van der Waals surface area contributed by atoms with E-state index in [0.29, 0.717) is 47.0 Å². The van der Waals surface area contributed by atoms with Gasteiger partial charge in [0.1, 0.15) is 5.82 Å². The number of carbonyl (C=O) groups excluding carboxylic acids is 1. The van der Waals surface area contributed by atoms with E-state index in [1.165, 1.54) is 23.9 Å². The van der Waals surface area contributed by atoms with Gasteiger partial charge < -0.3 is 9.47 Å². The zero-order valence-electron chi connectivity index (χ0n) is 16.9. The van der Waals surface area contributed by atoms with Gasteiger partial charge in [-0.1, -0.05) is 15.9 Å². The number of nitrogens with zero attached hydrogens (tertiary/aromatic N) is 2. The molecule has 8 heteroatoms. The Morgan fingerprint density at radius 1 is 1.10 bits per heavy atom. The lowest BCUT2D eigenvalue weighted by molar-refractivity contribution is -0.122. The third-order valence-electron chi connectivity index (χ3n) is 4.20. The van der Waals surface area contributed by atoms with Gasteiger partial charge in [0.25, 0.3) is 5.91 Å². The molecule has 2 aromatic rings. The van der Waals surface area contributed by atoms with Gasteiger partial charge in [-0.2, -0.15) is 0 Å². The third kappa shape index (κ3) is 5.05. The minimum Gasteiger partial charge on any atom is -0.490 e. The van der Waals surface area contributed by atoms with Crippen LogP contribution in [0.4, 0.5) is 10.1 Å². The van der Waals surface area contributed by atoms with Crippen LogP contribution in [-0.4, -0.2) is 35.7 Å². The highest BCUT2D eigenvalue weighted by Gasteiger charge is 2.32. The maximum absolute atomic E-state index is 13.2. The summed E-state index contributed by atoms with van der Waals surface area (Å²) in [6, 6.07) is 9.56. The van der Waals surface area contributed by atoms with Crippen LogP contribution >= 0.6 is 27.7 Å². The topological polar surface area (TPSA) is 51.1 Å². The molecule has 0 aromatic heterocycles. The van der Waals surface area contributed by atoms with Crippen molar-refractivity contribution >= 4 is 50.5 Å². The Morgan fingerprint density at radius 2 is 1.73 bits per heavy atom. The Hall–Kier alpha value is -2.32. The molecule has 0 spiro atoms. The minimum atomic E-state index is -0.326. The minimum absolute atomic E-state index is 0.123. The van der Waals surface area contributed by atoms with Crippen LogP contribution in [-0.2, 0) is 4.79 Å². The molecule has 5 nitrogen and oxygen atoms in total. The number of thioether (sulfide) groups is 1. The lowest BCUT2D eigenvalue weighted by Crippen LogP contribution is -2.28. The number of hydrogen-bond acceptors (Lipinski definition) is 5. The molecular weight excluding hydrogens is 471 g/mol. The standard InChI is InChI=1S/C22H22BrFN2O3S/c1-4-26-21(27)20(30-22(26)25-16-9-7-15(24)8-10-16)12-14-11-18(28-5-2)19(29-6-3)13-17(14)23/h7-13H,4-6H2,1-3H3/b20-12+,25-22?. The summed E-state index contributed by atoms with van der Waals surface area (Å²) in [6.07, 6.45) is 1.81. The van der Waals surface area contributed by atoms with Gasteiger partial charge in [-0.05, 0) is 80.6 Å². The molecule has 0 bridgehead atoms. The molecule has 2 aromatic carbocycles. The lowest BCUT2D eigenvalue weighted by atomic mass is 10.2. The predicted molar refractivity (Wildman–Crippen MR) is 123 cm³/mol. The van der Waals surface area contributed by atoms with Gasteiger partial charge in [-0.3, -0.25) is 9.69 Å². The van der Waals surface area contributed by atoms with Crippen LogP contribution in [0.15, 0.2) is 50.8 Å². The van der Waals surface area contributed by atoms with E-state index < -0.39 is 0 Å². The van der Waals surface area contributed by atoms with E-state index in [1.54, 1.807) is 17.0 Å². The van der Waals surface area contributed by atoms with Gasteiger partial charge in [-0.25, -0.2) is 9.38 Å². The number of ether oxygens (including phenoxy) is 2. The molecule has 1 amide bonds. The zero-order valence-corrected chi connectivity index (χ0v) is 19.3. The van der Waals surface area contributed by atoms with Gasteiger partial charge in [0.05, 0.1) is 23.8 Å². The molecular formula is C22H22BrFN2O3S. The number of hydrogen-bond donors (Lipinski definition) is 0. The maximum Gasteiger partial charge on any atom is 0.266 e. The fraction of sp³-hybridized carbons (Fsp3) is 0.273. The van der Waals surface area contributed by atoms with Crippen molar-refractivity contribution in [3.8, 4) is 11.5 Å². The molecule has 1 aliphatic rings. The quantitative estimate of drug-likeness (QED) is 0.444. The van der Waals surface area contributed by atoms with Gasteiger partial charge in [0, 0.05) is 11.0 Å². The Labute approximate surface area is 188 Å². The van der Waals surface area contributed by atoms with Crippen molar-refractivity contribution < 1.29 is 18.7 Å². The van der Waals surface area contributed by atoms with Crippen LogP contribution in [0.5, 0.6) is 11.5 Å². The third-order valence-corrected chi connectivity index (χ3v) is 5.90. The van der Waals surface area contributed by atoms with Gasteiger partial charge in [0.15, 0.2) is 16.7 Å². The monoisotopic (exact) mass is 492 g/mol. The second-order valence-corrected chi connectivity index (χ2v) is 8.08. The summed E-state index contributed by atoms with van der Waals surface area (Å²) >= 11 is 4.85. The molecule has 0 saturated carbocycles. The Morgan fingerprint density at radius 3 is 2.33 bits per heavy atom. The fourth-order valence-corrected chi connectivity index (χ4v) is 4.33. The number of carbonyl (C=O) groups is 1. The van der Waals surface area contributed by atoms with Gasteiger partial charge in [0.2, 0.25) is 0 Å². The normalized spacial score (nSPS) is 16.6. The van der Waals surface area contributed by atoms with Crippen LogP contribution in [0.2, 0.25) is 0 Å².